The summed E-state index contributed by atoms with van der Waals surface area (Å²) >= 11 is 0. The molecule has 2 rings (SSSR count). The maximum atomic E-state index is 12.6. The second kappa shape index (κ2) is 7.59. The zero-order chi connectivity index (χ0) is 17.9. The second-order valence-electron chi connectivity index (χ2n) is 6.02. The third-order valence-corrected chi connectivity index (χ3v) is 4.03. The molecule has 132 valence electrons. The lowest BCUT2D eigenvalue weighted by Gasteiger charge is -2.38. The number of hydrogen-bond acceptors (Lipinski definition) is 6. The molecular formula is C16H23N3O5. The Labute approximate surface area is 140 Å². The third kappa shape index (κ3) is 4.21. The maximum Gasteiger partial charge on any atom is 0.271 e. The van der Waals surface area contributed by atoms with E-state index in [1.54, 1.807) is 0 Å². The van der Waals surface area contributed by atoms with Gasteiger partial charge in [0.15, 0.2) is 0 Å². The summed E-state index contributed by atoms with van der Waals surface area (Å²) in [4.78, 5) is 25.0. The number of non-ortho nitro benzene ring substituents is 1. The van der Waals surface area contributed by atoms with Crippen molar-refractivity contribution in [3.63, 3.8) is 0 Å². The van der Waals surface area contributed by atoms with Crippen LogP contribution in [0, 0.1) is 10.1 Å². The molecule has 0 aliphatic carbocycles. The van der Waals surface area contributed by atoms with Gasteiger partial charge in [-0.3, -0.25) is 19.8 Å². The minimum atomic E-state index is -0.510. The van der Waals surface area contributed by atoms with Gasteiger partial charge in [-0.1, -0.05) is 0 Å². The molecule has 0 radical (unpaired) electrons. The molecule has 1 aliphatic rings. The van der Waals surface area contributed by atoms with Crippen LogP contribution in [-0.4, -0.2) is 54.2 Å². The van der Waals surface area contributed by atoms with Crippen molar-refractivity contribution in [1.82, 2.24) is 4.90 Å². The van der Waals surface area contributed by atoms with Crippen LogP contribution in [0.25, 0.3) is 0 Å². The average molecular weight is 337 g/mol. The van der Waals surface area contributed by atoms with Gasteiger partial charge in [0.25, 0.3) is 5.69 Å². The zero-order valence-corrected chi connectivity index (χ0v) is 14.3. The highest BCUT2D eigenvalue weighted by Crippen LogP contribution is 2.29. The molecule has 0 unspecified atom stereocenters. The van der Waals surface area contributed by atoms with Crippen LogP contribution in [0.4, 0.5) is 11.4 Å². The Balaban J connectivity index is 2.13. The number of ether oxygens (including phenoxy) is 2. The zero-order valence-electron chi connectivity index (χ0n) is 14.3. The summed E-state index contributed by atoms with van der Waals surface area (Å²) in [6.07, 6.45) is 0.104. The Morgan fingerprint density at radius 3 is 2.58 bits per heavy atom. The van der Waals surface area contributed by atoms with E-state index in [-0.39, 0.29) is 35.5 Å². The number of hydrogen-bond donors (Lipinski definition) is 1. The van der Waals surface area contributed by atoms with Crippen LogP contribution in [-0.2, 0) is 9.53 Å². The Bertz CT molecular complexity index is 612. The molecule has 8 heteroatoms. The summed E-state index contributed by atoms with van der Waals surface area (Å²) in [5, 5.41) is 13.7. The van der Waals surface area contributed by atoms with Crippen molar-refractivity contribution in [2.45, 2.75) is 39.0 Å². The number of nitrogens with one attached hydrogen (secondary N) is 1. The van der Waals surface area contributed by atoms with E-state index in [1.165, 1.54) is 25.3 Å². The van der Waals surface area contributed by atoms with Crippen LogP contribution >= 0.6 is 0 Å². The smallest absolute Gasteiger partial charge is 0.271 e. The second-order valence-corrected chi connectivity index (χ2v) is 6.02. The number of methoxy groups -OCH3 is 1. The normalized spacial score (nSPS) is 22.7. The van der Waals surface area contributed by atoms with Crippen LogP contribution in [0.3, 0.4) is 0 Å². The van der Waals surface area contributed by atoms with Crippen molar-refractivity contribution >= 4 is 17.3 Å². The van der Waals surface area contributed by atoms with Crippen LogP contribution in [0.2, 0.25) is 0 Å². The van der Waals surface area contributed by atoms with Crippen molar-refractivity contribution in [2.75, 3.05) is 25.5 Å². The molecular weight excluding hydrogens is 314 g/mol. The molecule has 1 fully saturated rings. The SMILES string of the molecule is COc1ccc([N+](=O)[O-])cc1NC(=O)[C@H](C)N1C[C@H](C)O[C@@H](C)C1. The van der Waals surface area contributed by atoms with Crippen LogP contribution < -0.4 is 10.1 Å². The van der Waals surface area contributed by atoms with Gasteiger partial charge in [-0.15, -0.1) is 0 Å². The van der Waals surface area contributed by atoms with Crippen LogP contribution in [0.5, 0.6) is 5.75 Å². The number of anilines is 1. The van der Waals surface area contributed by atoms with Gasteiger partial charge in [0.05, 0.1) is 36.0 Å². The number of rotatable bonds is 5. The van der Waals surface area contributed by atoms with Gasteiger partial charge in [0.1, 0.15) is 5.75 Å². The number of nitrogens with zero attached hydrogens (tertiary/aromatic N) is 2. The highest BCUT2D eigenvalue weighted by atomic mass is 16.6. The van der Waals surface area contributed by atoms with Gasteiger partial charge in [0.2, 0.25) is 5.91 Å². The summed E-state index contributed by atoms with van der Waals surface area (Å²) in [6, 6.07) is 3.72. The van der Waals surface area contributed by atoms with Crippen LogP contribution in [0.1, 0.15) is 20.8 Å². The fourth-order valence-corrected chi connectivity index (χ4v) is 2.84. The van der Waals surface area contributed by atoms with Crippen molar-refractivity contribution in [2.24, 2.45) is 0 Å². The predicted octanol–water partition coefficient (Wildman–Crippen LogP) is 2.04. The molecule has 1 amide bonds. The molecule has 8 nitrogen and oxygen atoms in total. The molecule has 0 bridgehead atoms. The van der Waals surface area contributed by atoms with E-state index in [0.29, 0.717) is 18.8 Å². The van der Waals surface area contributed by atoms with E-state index in [4.69, 9.17) is 9.47 Å². The van der Waals surface area contributed by atoms with Gasteiger partial charge in [-0.25, -0.2) is 0 Å². The number of carbonyl (C=O) groups excluding carboxylic acids is 1. The quantitative estimate of drug-likeness (QED) is 0.653. The highest BCUT2D eigenvalue weighted by molar-refractivity contribution is 5.96. The lowest BCUT2D eigenvalue weighted by Crippen LogP contribution is -2.52. The van der Waals surface area contributed by atoms with Gasteiger partial charge in [0, 0.05) is 25.2 Å². The standard InChI is InChI=1S/C16H23N3O5/c1-10-8-18(9-11(2)24-10)12(3)16(20)17-14-7-13(19(21)22)5-6-15(14)23-4/h5-7,10-12H,8-9H2,1-4H3,(H,17,20)/t10-,11-,12-/m0/s1. The first-order valence-corrected chi connectivity index (χ1v) is 7.84. The molecule has 0 saturated carbocycles. The number of amides is 1. The molecule has 3 atom stereocenters. The number of nitro benzene ring substituents is 1. The fourth-order valence-electron chi connectivity index (χ4n) is 2.84. The Morgan fingerprint density at radius 2 is 2.04 bits per heavy atom. The molecule has 1 heterocycles. The van der Waals surface area contributed by atoms with Gasteiger partial charge in [-0.2, -0.15) is 0 Å². The number of nitro groups is 1. The first kappa shape index (κ1) is 18.2. The lowest BCUT2D eigenvalue weighted by atomic mass is 10.1. The summed E-state index contributed by atoms with van der Waals surface area (Å²) in [7, 11) is 1.45. The minimum absolute atomic E-state index is 0.0522. The summed E-state index contributed by atoms with van der Waals surface area (Å²) < 4.78 is 10.8. The maximum absolute atomic E-state index is 12.6. The molecule has 0 spiro atoms. The van der Waals surface area contributed by atoms with Crippen molar-refractivity contribution in [3.8, 4) is 5.75 Å². The molecule has 0 aromatic heterocycles. The molecule has 1 saturated heterocycles. The van der Waals surface area contributed by atoms with E-state index < -0.39 is 4.92 Å². The number of morpholine rings is 1. The van der Waals surface area contributed by atoms with Crippen molar-refractivity contribution < 1.29 is 19.2 Å². The van der Waals surface area contributed by atoms with E-state index in [9.17, 15) is 14.9 Å². The molecule has 1 aromatic rings. The molecule has 1 N–H and O–H groups in total. The molecule has 1 aromatic carbocycles. The summed E-state index contributed by atoms with van der Waals surface area (Å²) in [5.74, 6) is 0.139. The number of benzene rings is 1. The fraction of sp³-hybridized carbons (Fsp3) is 0.562. The number of carbonyl (C=O) groups is 1. The monoisotopic (exact) mass is 337 g/mol. The Morgan fingerprint density at radius 1 is 1.42 bits per heavy atom. The summed E-state index contributed by atoms with van der Waals surface area (Å²) in [5.41, 5.74) is 0.185. The van der Waals surface area contributed by atoms with E-state index in [1.807, 2.05) is 25.7 Å². The van der Waals surface area contributed by atoms with Crippen molar-refractivity contribution in [3.05, 3.63) is 28.3 Å². The van der Waals surface area contributed by atoms with Crippen molar-refractivity contribution in [1.29, 1.82) is 0 Å². The van der Waals surface area contributed by atoms with Gasteiger partial charge >= 0.3 is 0 Å². The first-order valence-electron chi connectivity index (χ1n) is 7.84. The topological polar surface area (TPSA) is 93.9 Å². The largest absolute Gasteiger partial charge is 0.495 e. The van der Waals surface area contributed by atoms with Crippen LogP contribution in [0.15, 0.2) is 18.2 Å². The van der Waals surface area contributed by atoms with E-state index in [0.717, 1.165) is 0 Å². The summed E-state index contributed by atoms with van der Waals surface area (Å²) in [6.45, 7) is 7.06. The van der Waals surface area contributed by atoms with Gasteiger partial charge in [-0.05, 0) is 26.8 Å². The Kier molecular flexibility index (Phi) is 5.74. The van der Waals surface area contributed by atoms with E-state index in [2.05, 4.69) is 5.32 Å². The first-order chi connectivity index (χ1) is 11.3. The minimum Gasteiger partial charge on any atom is -0.495 e. The Hall–Kier alpha value is -2.19. The molecule has 24 heavy (non-hydrogen) atoms. The third-order valence-electron chi connectivity index (χ3n) is 4.03. The highest BCUT2D eigenvalue weighted by Gasteiger charge is 2.29. The molecule has 1 aliphatic heterocycles. The predicted molar refractivity (Wildman–Crippen MR) is 89.3 cm³/mol. The average Bonchev–Trinajstić information content (AvgIpc) is 2.52. The van der Waals surface area contributed by atoms with Gasteiger partial charge < -0.3 is 14.8 Å². The van der Waals surface area contributed by atoms with E-state index >= 15 is 0 Å². The lowest BCUT2D eigenvalue weighted by molar-refractivity contribution is -0.384.